The smallest absolute Gasteiger partial charge is 0.346 e. The van der Waals surface area contributed by atoms with Crippen LogP contribution >= 0.6 is 0 Å². The first kappa shape index (κ1) is 33.0. The van der Waals surface area contributed by atoms with Crippen LogP contribution in [0.4, 0.5) is 34.1 Å². The van der Waals surface area contributed by atoms with Gasteiger partial charge in [-0.1, -0.05) is 78.9 Å². The van der Waals surface area contributed by atoms with Gasteiger partial charge in [0, 0.05) is 45.3 Å². The Kier molecular flexibility index (Phi) is 10.1. The molecule has 0 aromatic heterocycles. The zero-order valence-corrected chi connectivity index (χ0v) is 26.9. The fraction of sp³-hybridized carbons (Fsp3) is 0.0238. The molecule has 0 saturated heterocycles. The molecule has 0 aliphatic rings. The number of hydrogen-bond acceptors (Lipinski definition) is 7. The van der Waals surface area contributed by atoms with Gasteiger partial charge < -0.3 is 19.6 Å². The molecule has 8 nitrogen and oxygen atoms in total. The van der Waals surface area contributed by atoms with Crippen molar-refractivity contribution in [3.05, 3.63) is 186 Å². The second kappa shape index (κ2) is 15.3. The number of carboxylic acid groups (broad SMARTS) is 1. The molecule has 0 fully saturated rings. The quantitative estimate of drug-likeness (QED) is 0.0417. The molecule has 4 N–H and O–H groups in total. The van der Waals surface area contributed by atoms with Crippen LogP contribution in [0.1, 0.15) is 22.9 Å². The maximum atomic E-state index is 11.3. The molecule has 1 unspecified atom stereocenters. The number of carbonyl (C=O) groups is 1. The van der Waals surface area contributed by atoms with E-state index < -0.39 is 12.2 Å². The number of hydrogen-bond donors (Lipinski definition) is 3. The van der Waals surface area contributed by atoms with E-state index in [2.05, 4.69) is 29.2 Å². The van der Waals surface area contributed by atoms with Crippen LogP contribution in [0.15, 0.2) is 169 Å². The number of ether oxygens (including phenoxy) is 1. The monoisotopic (exact) mass is 655 g/mol. The Hall–Kier alpha value is -6.95. The Morgan fingerprint density at radius 2 is 1.02 bits per heavy atom. The maximum Gasteiger partial charge on any atom is 0.346 e. The number of aliphatic carboxylic acids is 1. The largest absolute Gasteiger partial charge is 0.477 e. The Morgan fingerprint density at radius 3 is 1.42 bits per heavy atom. The van der Waals surface area contributed by atoms with Crippen LogP contribution in [0.2, 0.25) is 0 Å². The minimum absolute atomic E-state index is 0.0402. The summed E-state index contributed by atoms with van der Waals surface area (Å²) in [4.78, 5) is 15.5. The van der Waals surface area contributed by atoms with Crippen molar-refractivity contribution in [2.24, 2.45) is 5.73 Å². The van der Waals surface area contributed by atoms with Gasteiger partial charge in [0.15, 0.2) is 6.23 Å². The van der Waals surface area contributed by atoms with Gasteiger partial charge in [0.25, 0.3) is 0 Å². The molecular weight excluding hydrogens is 622 g/mol. The summed E-state index contributed by atoms with van der Waals surface area (Å²) in [5.41, 5.74) is 13.6. The highest BCUT2D eigenvalue weighted by atomic mass is 16.5. The molecule has 0 aliphatic heterocycles. The van der Waals surface area contributed by atoms with E-state index in [4.69, 9.17) is 21.1 Å². The normalized spacial score (nSPS) is 11.6. The lowest BCUT2D eigenvalue weighted by atomic mass is 10.1. The SMILES string of the molecule is N#C/C(=C\c1ccc(N(c2ccccc2)c2ccc(C(N)OC(=N)c3ccc(N(c4ccccc4)c4ccccc4)cc3)cc2)cc1)C(=O)O. The number of nitrogens with zero attached hydrogens (tertiary/aromatic N) is 3. The molecule has 6 aromatic rings. The zero-order chi connectivity index (χ0) is 34.9. The Balaban J connectivity index is 1.18. The third kappa shape index (κ3) is 7.60. The van der Waals surface area contributed by atoms with E-state index in [-0.39, 0.29) is 11.5 Å². The summed E-state index contributed by atoms with van der Waals surface area (Å²) in [5, 5.41) is 27.0. The molecule has 1 atom stereocenters. The summed E-state index contributed by atoms with van der Waals surface area (Å²) >= 11 is 0. The summed E-state index contributed by atoms with van der Waals surface area (Å²) in [6.45, 7) is 0. The topological polar surface area (TPSA) is 127 Å². The van der Waals surface area contributed by atoms with Crippen molar-refractivity contribution in [1.82, 2.24) is 0 Å². The lowest BCUT2D eigenvalue weighted by molar-refractivity contribution is -0.132. The number of nitrogens with one attached hydrogen (secondary N) is 1. The number of anilines is 6. The van der Waals surface area contributed by atoms with Crippen molar-refractivity contribution in [2.75, 3.05) is 9.80 Å². The first-order valence-electron chi connectivity index (χ1n) is 15.8. The Morgan fingerprint density at radius 1 is 0.640 bits per heavy atom. The van der Waals surface area contributed by atoms with Gasteiger partial charge in [-0.15, -0.1) is 0 Å². The van der Waals surface area contributed by atoms with Gasteiger partial charge in [-0.2, -0.15) is 5.26 Å². The van der Waals surface area contributed by atoms with Crippen LogP contribution in [0.3, 0.4) is 0 Å². The highest BCUT2D eigenvalue weighted by Crippen LogP contribution is 2.36. The lowest BCUT2D eigenvalue weighted by Gasteiger charge is -2.26. The van der Waals surface area contributed by atoms with Crippen molar-refractivity contribution in [1.29, 1.82) is 10.7 Å². The van der Waals surface area contributed by atoms with Gasteiger partial charge in [-0.3, -0.25) is 11.1 Å². The average molecular weight is 656 g/mol. The fourth-order valence-corrected chi connectivity index (χ4v) is 5.49. The number of benzene rings is 6. The lowest BCUT2D eigenvalue weighted by Crippen LogP contribution is -2.19. The van der Waals surface area contributed by atoms with Crippen molar-refractivity contribution in [3.63, 3.8) is 0 Å². The minimum atomic E-state index is -1.27. The second-order valence-electron chi connectivity index (χ2n) is 11.2. The van der Waals surface area contributed by atoms with Crippen molar-refractivity contribution in [3.8, 4) is 6.07 Å². The highest BCUT2D eigenvalue weighted by molar-refractivity contribution is 5.96. The van der Waals surface area contributed by atoms with Crippen LogP contribution in [0.25, 0.3) is 6.08 Å². The molecule has 6 rings (SSSR count). The van der Waals surface area contributed by atoms with Crippen LogP contribution < -0.4 is 15.5 Å². The molecule has 6 aromatic carbocycles. The van der Waals surface area contributed by atoms with Crippen molar-refractivity contribution in [2.45, 2.75) is 6.23 Å². The van der Waals surface area contributed by atoms with E-state index in [0.717, 1.165) is 34.1 Å². The molecule has 8 heteroatoms. The number of para-hydroxylation sites is 3. The highest BCUT2D eigenvalue weighted by Gasteiger charge is 2.17. The first-order valence-corrected chi connectivity index (χ1v) is 15.8. The predicted molar refractivity (Wildman–Crippen MR) is 198 cm³/mol. The number of nitrogens with two attached hydrogens (primary N) is 1. The minimum Gasteiger partial charge on any atom is -0.477 e. The van der Waals surface area contributed by atoms with Crippen LogP contribution in [-0.4, -0.2) is 17.0 Å². The van der Waals surface area contributed by atoms with E-state index in [9.17, 15) is 9.90 Å². The Labute approximate surface area is 290 Å². The third-order valence-electron chi connectivity index (χ3n) is 7.97. The summed E-state index contributed by atoms with van der Waals surface area (Å²) < 4.78 is 5.90. The summed E-state index contributed by atoms with van der Waals surface area (Å²) in [7, 11) is 0. The van der Waals surface area contributed by atoms with Crippen LogP contribution in [0.5, 0.6) is 0 Å². The van der Waals surface area contributed by atoms with Gasteiger partial charge in [-0.25, -0.2) is 4.79 Å². The Bertz CT molecular complexity index is 2090. The van der Waals surface area contributed by atoms with E-state index in [1.807, 2.05) is 132 Å². The first-order chi connectivity index (χ1) is 24.4. The van der Waals surface area contributed by atoms with Gasteiger partial charge >= 0.3 is 5.97 Å². The molecule has 0 radical (unpaired) electrons. The van der Waals surface area contributed by atoms with E-state index in [1.54, 1.807) is 18.2 Å². The van der Waals surface area contributed by atoms with E-state index >= 15 is 0 Å². The third-order valence-corrected chi connectivity index (χ3v) is 7.97. The maximum absolute atomic E-state index is 11.3. The molecule has 0 saturated carbocycles. The number of nitriles is 1. The molecule has 50 heavy (non-hydrogen) atoms. The molecule has 0 heterocycles. The molecular formula is C42H33N5O3. The molecule has 0 amide bonds. The van der Waals surface area contributed by atoms with Gasteiger partial charge in [0.1, 0.15) is 11.6 Å². The van der Waals surface area contributed by atoms with E-state index in [0.29, 0.717) is 16.7 Å². The van der Waals surface area contributed by atoms with Gasteiger partial charge in [-0.05, 0) is 96.6 Å². The van der Waals surface area contributed by atoms with Crippen LogP contribution in [0, 0.1) is 16.7 Å². The average Bonchev–Trinajstić information content (AvgIpc) is 3.16. The second-order valence-corrected chi connectivity index (χ2v) is 11.2. The molecule has 0 spiro atoms. The fourth-order valence-electron chi connectivity index (χ4n) is 5.49. The zero-order valence-electron chi connectivity index (χ0n) is 26.9. The summed E-state index contributed by atoms with van der Waals surface area (Å²) in [6.07, 6.45) is 0.465. The van der Waals surface area contributed by atoms with Crippen LogP contribution in [-0.2, 0) is 9.53 Å². The molecule has 0 aliphatic carbocycles. The summed E-state index contributed by atoms with van der Waals surface area (Å²) in [5.74, 6) is -1.31. The molecule has 244 valence electrons. The summed E-state index contributed by atoms with van der Waals surface area (Å²) in [6, 6.07) is 54.2. The molecule has 0 bridgehead atoms. The number of carboxylic acids is 1. The van der Waals surface area contributed by atoms with Gasteiger partial charge in [0.05, 0.1) is 0 Å². The van der Waals surface area contributed by atoms with E-state index in [1.165, 1.54) is 6.08 Å². The van der Waals surface area contributed by atoms with Gasteiger partial charge in [0.2, 0.25) is 5.90 Å². The van der Waals surface area contributed by atoms with Crippen molar-refractivity contribution < 1.29 is 14.6 Å². The van der Waals surface area contributed by atoms with Crippen molar-refractivity contribution >= 4 is 52.1 Å². The predicted octanol–water partition coefficient (Wildman–Crippen LogP) is 9.62. The number of rotatable bonds is 11. The standard InChI is InChI=1S/C42H33N5O3/c43-29-33(42(48)49)28-30-16-22-37(23-17-30)47(36-14-8-3-9-15-36)39-26-20-32(21-27-39)41(45)50-40(44)31-18-24-38(25-19-31)46(34-10-4-1-5-11-34)35-12-6-2-7-13-35/h1-28,41,44H,45H2,(H,48,49)/b33-28+,44-40?.